The summed E-state index contributed by atoms with van der Waals surface area (Å²) in [7, 11) is 0. The Hall–Kier alpha value is -1.91. The number of hydrogen-bond donors (Lipinski definition) is 0. The number of pyridine rings is 1. The topological polar surface area (TPSA) is 65.1 Å². The van der Waals surface area contributed by atoms with Gasteiger partial charge in [0.15, 0.2) is 5.65 Å². The second-order valence-electron chi connectivity index (χ2n) is 4.08. The highest BCUT2D eigenvalue weighted by molar-refractivity contribution is 5.72. The van der Waals surface area contributed by atoms with Gasteiger partial charge in [-0.05, 0) is 30.9 Å². The van der Waals surface area contributed by atoms with Crippen LogP contribution >= 0.6 is 0 Å². The molecule has 0 radical (unpaired) electrons. The van der Waals surface area contributed by atoms with Crippen LogP contribution in [0.1, 0.15) is 12.8 Å². The van der Waals surface area contributed by atoms with E-state index in [0.29, 0.717) is 23.5 Å². The lowest BCUT2D eigenvalue weighted by atomic mass is 10.3. The number of fused-ring (bicyclic) bond motifs is 1. The minimum Gasteiger partial charge on any atom is -0.372 e. The molecule has 1 saturated carbocycles. The predicted octanol–water partition coefficient (Wildman–Crippen LogP) is 0.760. The van der Waals surface area contributed by atoms with Crippen LogP contribution in [-0.4, -0.2) is 9.55 Å². The Morgan fingerprint density at radius 2 is 2.25 bits per heavy atom. The number of rotatable bonds is 2. The molecule has 0 spiro atoms. The van der Waals surface area contributed by atoms with E-state index in [1.54, 1.807) is 18.3 Å². The smallest absolute Gasteiger partial charge is 0.372 e. The fraction of sp³-hybridized carbons (Fsp3) is 0.364. The third-order valence-electron chi connectivity index (χ3n) is 2.80. The largest absolute Gasteiger partial charge is 0.423 e. The summed E-state index contributed by atoms with van der Waals surface area (Å²) in [6.07, 6.45) is 3.82. The Morgan fingerprint density at radius 3 is 3.00 bits per heavy atom. The lowest BCUT2D eigenvalue weighted by Gasteiger charge is -2.05. The third kappa shape index (κ3) is 1.44. The highest BCUT2D eigenvalue weighted by Crippen LogP contribution is 2.30. The van der Waals surface area contributed by atoms with Gasteiger partial charge in [-0.1, -0.05) is 0 Å². The van der Waals surface area contributed by atoms with Crippen molar-refractivity contribution in [2.45, 2.75) is 19.4 Å². The van der Waals surface area contributed by atoms with Gasteiger partial charge in [0.05, 0.1) is 0 Å². The van der Waals surface area contributed by atoms with Gasteiger partial charge in [0.2, 0.25) is 0 Å². The van der Waals surface area contributed by atoms with Crippen molar-refractivity contribution in [3.05, 3.63) is 39.3 Å². The van der Waals surface area contributed by atoms with E-state index in [2.05, 4.69) is 9.40 Å². The molecule has 0 saturated heterocycles. The summed E-state index contributed by atoms with van der Waals surface area (Å²) in [6, 6.07) is 3.28. The lowest BCUT2D eigenvalue weighted by molar-refractivity contribution is 0.407. The van der Waals surface area contributed by atoms with Gasteiger partial charge >= 0.3 is 11.4 Å². The van der Waals surface area contributed by atoms with Gasteiger partial charge in [0, 0.05) is 12.7 Å². The zero-order valence-electron chi connectivity index (χ0n) is 8.55. The average Bonchev–Trinajstić information content (AvgIpc) is 3.08. The van der Waals surface area contributed by atoms with E-state index in [1.807, 2.05) is 0 Å². The molecule has 2 aromatic rings. The quantitative estimate of drug-likeness (QED) is 0.746. The van der Waals surface area contributed by atoms with Gasteiger partial charge in [-0.25, -0.2) is 14.6 Å². The van der Waals surface area contributed by atoms with Crippen LogP contribution in [0.3, 0.4) is 0 Å². The maximum Gasteiger partial charge on any atom is 0.423 e. The van der Waals surface area contributed by atoms with Crippen LogP contribution in [-0.2, 0) is 6.54 Å². The molecule has 1 aliphatic carbocycles. The minimum atomic E-state index is -0.611. The van der Waals surface area contributed by atoms with Crippen molar-refractivity contribution < 1.29 is 4.42 Å². The van der Waals surface area contributed by atoms with Crippen LogP contribution in [0.5, 0.6) is 0 Å². The fourth-order valence-corrected chi connectivity index (χ4v) is 1.77. The van der Waals surface area contributed by atoms with Crippen LogP contribution in [0.25, 0.3) is 11.0 Å². The van der Waals surface area contributed by atoms with Gasteiger partial charge in [0.25, 0.3) is 0 Å². The van der Waals surface area contributed by atoms with E-state index in [-0.39, 0.29) is 0 Å². The molecule has 5 nitrogen and oxygen atoms in total. The summed E-state index contributed by atoms with van der Waals surface area (Å²) < 4.78 is 6.11. The Morgan fingerprint density at radius 1 is 1.44 bits per heavy atom. The van der Waals surface area contributed by atoms with Crippen LogP contribution in [0.2, 0.25) is 0 Å². The monoisotopic (exact) mass is 218 g/mol. The van der Waals surface area contributed by atoms with E-state index in [0.717, 1.165) is 12.8 Å². The number of hydrogen-bond acceptors (Lipinski definition) is 4. The van der Waals surface area contributed by atoms with Gasteiger partial charge in [-0.15, -0.1) is 0 Å². The summed E-state index contributed by atoms with van der Waals surface area (Å²) in [6.45, 7) is 0.593. The maximum absolute atomic E-state index is 11.6. The molecule has 0 N–H and O–H groups in total. The first-order valence-corrected chi connectivity index (χ1v) is 5.24. The third-order valence-corrected chi connectivity index (χ3v) is 2.80. The fourth-order valence-electron chi connectivity index (χ4n) is 1.77. The molecule has 2 heterocycles. The summed E-state index contributed by atoms with van der Waals surface area (Å²) >= 11 is 0. The van der Waals surface area contributed by atoms with Gasteiger partial charge in [-0.3, -0.25) is 4.57 Å². The van der Waals surface area contributed by atoms with E-state index >= 15 is 0 Å². The Bertz CT molecular complexity index is 652. The molecule has 0 bridgehead atoms. The second kappa shape index (κ2) is 3.30. The maximum atomic E-state index is 11.6. The highest BCUT2D eigenvalue weighted by Gasteiger charge is 2.24. The molecule has 1 aliphatic rings. The summed E-state index contributed by atoms with van der Waals surface area (Å²) in [5, 5.41) is 0.364. The molecule has 16 heavy (non-hydrogen) atoms. The number of nitrogens with zero attached hydrogens (tertiary/aromatic N) is 2. The van der Waals surface area contributed by atoms with Crippen molar-refractivity contribution in [1.29, 1.82) is 0 Å². The van der Waals surface area contributed by atoms with E-state index in [4.69, 9.17) is 0 Å². The van der Waals surface area contributed by atoms with E-state index in [9.17, 15) is 9.59 Å². The first-order valence-electron chi connectivity index (χ1n) is 5.24. The van der Waals surface area contributed by atoms with Crippen molar-refractivity contribution in [3.8, 4) is 0 Å². The highest BCUT2D eigenvalue weighted by atomic mass is 16.4. The Kier molecular flexibility index (Phi) is 1.92. The molecular weight excluding hydrogens is 208 g/mol. The van der Waals surface area contributed by atoms with Crippen molar-refractivity contribution >= 4 is 11.0 Å². The van der Waals surface area contributed by atoms with Crippen molar-refractivity contribution in [2.24, 2.45) is 5.92 Å². The number of aromatic nitrogens is 2. The van der Waals surface area contributed by atoms with Crippen molar-refractivity contribution in [2.75, 3.05) is 0 Å². The van der Waals surface area contributed by atoms with Crippen LogP contribution in [0, 0.1) is 5.92 Å². The van der Waals surface area contributed by atoms with Gasteiger partial charge < -0.3 is 4.42 Å². The SMILES string of the molecule is O=c1oc(=O)n(CC2CC2)c2ncccc12. The molecule has 82 valence electrons. The summed E-state index contributed by atoms with van der Waals surface area (Å²) in [5.41, 5.74) is -0.184. The van der Waals surface area contributed by atoms with Crippen LogP contribution < -0.4 is 11.4 Å². The molecule has 0 amide bonds. The molecular formula is C11H10N2O3. The van der Waals surface area contributed by atoms with Crippen LogP contribution in [0.4, 0.5) is 0 Å². The average molecular weight is 218 g/mol. The second-order valence-corrected chi connectivity index (χ2v) is 4.08. The Labute approximate surface area is 90.3 Å². The molecule has 2 aromatic heterocycles. The normalized spacial score (nSPS) is 15.5. The molecule has 3 rings (SSSR count). The zero-order chi connectivity index (χ0) is 11.1. The van der Waals surface area contributed by atoms with Crippen LogP contribution in [0.15, 0.2) is 32.3 Å². The zero-order valence-corrected chi connectivity index (χ0v) is 8.55. The summed E-state index contributed by atoms with van der Waals surface area (Å²) in [4.78, 5) is 27.1. The van der Waals surface area contributed by atoms with Gasteiger partial charge in [0.1, 0.15) is 5.39 Å². The molecule has 0 aliphatic heterocycles. The summed E-state index contributed by atoms with van der Waals surface area (Å²) in [5.74, 6) is -0.0845. The van der Waals surface area contributed by atoms with Crippen molar-refractivity contribution in [1.82, 2.24) is 9.55 Å². The standard InChI is InChI=1S/C11H10N2O3/c14-10-8-2-1-5-12-9(8)13(11(15)16-10)6-7-3-4-7/h1-2,5,7H,3-4,6H2. The van der Waals surface area contributed by atoms with E-state index in [1.165, 1.54) is 4.57 Å². The predicted molar refractivity (Wildman–Crippen MR) is 57.3 cm³/mol. The molecule has 0 unspecified atom stereocenters. The first kappa shape index (κ1) is 9.33. The molecule has 0 aromatic carbocycles. The van der Waals surface area contributed by atoms with E-state index < -0.39 is 11.4 Å². The van der Waals surface area contributed by atoms with Crippen molar-refractivity contribution in [3.63, 3.8) is 0 Å². The lowest BCUT2D eigenvalue weighted by Crippen LogP contribution is -2.26. The first-order chi connectivity index (χ1) is 7.75. The van der Waals surface area contributed by atoms with Gasteiger partial charge in [-0.2, -0.15) is 0 Å². The molecule has 5 heteroatoms. The molecule has 0 atom stereocenters. The minimum absolute atomic E-state index is 0.364. The Balaban J connectivity index is 2.32. The molecule has 1 fully saturated rings.